The summed E-state index contributed by atoms with van der Waals surface area (Å²) < 4.78 is 0. The molecule has 5 aromatic carbocycles. The van der Waals surface area contributed by atoms with Crippen LogP contribution in [-0.4, -0.2) is 6.85 Å². The van der Waals surface area contributed by atoms with E-state index in [1.54, 1.807) is 0 Å². The van der Waals surface area contributed by atoms with Gasteiger partial charge in [0.2, 0.25) is 0 Å². The molecule has 0 saturated heterocycles. The molecule has 2 heteroatoms. The van der Waals surface area contributed by atoms with Gasteiger partial charge in [0, 0.05) is 22.2 Å². The molecule has 0 radical (unpaired) electrons. The molecule has 0 aromatic heterocycles. The zero-order chi connectivity index (χ0) is 24.9. The van der Waals surface area contributed by atoms with Gasteiger partial charge in [-0.1, -0.05) is 117 Å². The van der Waals surface area contributed by atoms with E-state index in [1.807, 2.05) is 0 Å². The Morgan fingerprint density at radius 3 is 1.70 bits per heavy atom. The minimum atomic E-state index is -0.163. The first-order chi connectivity index (χ1) is 18.0. The second kappa shape index (κ2) is 7.04. The van der Waals surface area contributed by atoms with Crippen LogP contribution in [0.15, 0.2) is 115 Å². The van der Waals surface area contributed by atoms with Gasteiger partial charge in [0.25, 0.3) is 0 Å². The smallest absolute Gasteiger partial charge is 0.328 e. The number of nitrogens with zero attached hydrogens (tertiary/aromatic N) is 1. The molecule has 1 nitrogen and oxygen atoms in total. The lowest BCUT2D eigenvalue weighted by Gasteiger charge is -2.48. The molecule has 0 fully saturated rings. The van der Waals surface area contributed by atoms with Crippen LogP contribution >= 0.6 is 0 Å². The van der Waals surface area contributed by atoms with Crippen LogP contribution in [0.1, 0.15) is 48.6 Å². The SMILES string of the molecule is CC1(C)c2ccccc2N(B2c3ccccc3C3(C)c4ccccc4-c4cccc2c43)c2ccccc21. The van der Waals surface area contributed by atoms with Crippen molar-refractivity contribution < 1.29 is 0 Å². The molecular formula is C35H28BN. The van der Waals surface area contributed by atoms with E-state index in [-0.39, 0.29) is 17.7 Å². The summed E-state index contributed by atoms with van der Waals surface area (Å²) in [5.74, 6) is 0. The molecular weight excluding hydrogens is 445 g/mol. The molecule has 0 N–H and O–H groups in total. The number of anilines is 2. The van der Waals surface area contributed by atoms with Crippen molar-refractivity contribution in [2.24, 2.45) is 0 Å². The van der Waals surface area contributed by atoms with Gasteiger partial charge in [0.05, 0.1) is 0 Å². The predicted molar refractivity (Wildman–Crippen MR) is 156 cm³/mol. The third-order valence-electron chi connectivity index (χ3n) is 9.37. The normalized spacial score (nSPS) is 19.4. The summed E-state index contributed by atoms with van der Waals surface area (Å²) in [5, 5.41) is 0. The molecule has 8 rings (SSSR count). The molecule has 1 unspecified atom stereocenters. The van der Waals surface area contributed by atoms with Crippen LogP contribution in [0, 0.1) is 0 Å². The van der Waals surface area contributed by atoms with Crippen LogP contribution in [0.3, 0.4) is 0 Å². The van der Waals surface area contributed by atoms with Crippen LogP contribution in [0.4, 0.5) is 11.4 Å². The summed E-state index contributed by atoms with van der Waals surface area (Å²) in [7, 11) is 0. The molecule has 176 valence electrons. The third-order valence-corrected chi connectivity index (χ3v) is 9.37. The summed E-state index contributed by atoms with van der Waals surface area (Å²) in [4.78, 5) is 2.63. The highest BCUT2D eigenvalue weighted by Gasteiger charge is 2.52. The molecule has 5 aromatic rings. The Hall–Kier alpha value is -4.04. The number of rotatable bonds is 1. The van der Waals surface area contributed by atoms with E-state index >= 15 is 0 Å². The zero-order valence-corrected chi connectivity index (χ0v) is 21.5. The first kappa shape index (κ1) is 21.1. The van der Waals surface area contributed by atoms with Gasteiger partial charge in [-0.05, 0) is 68.9 Å². The van der Waals surface area contributed by atoms with Gasteiger partial charge in [0.15, 0.2) is 0 Å². The van der Waals surface area contributed by atoms with Gasteiger partial charge in [-0.3, -0.25) is 0 Å². The topological polar surface area (TPSA) is 3.24 Å². The van der Waals surface area contributed by atoms with Gasteiger partial charge in [-0.15, -0.1) is 0 Å². The van der Waals surface area contributed by atoms with Crippen molar-refractivity contribution in [2.45, 2.75) is 31.6 Å². The van der Waals surface area contributed by atoms with Crippen LogP contribution in [-0.2, 0) is 10.8 Å². The summed E-state index contributed by atoms with van der Waals surface area (Å²) in [6.07, 6.45) is 0. The lowest BCUT2D eigenvalue weighted by Crippen LogP contribution is -2.63. The van der Waals surface area contributed by atoms with Crippen molar-refractivity contribution in [2.75, 3.05) is 4.81 Å². The molecule has 0 bridgehead atoms. The first-order valence-electron chi connectivity index (χ1n) is 13.3. The summed E-state index contributed by atoms with van der Waals surface area (Å²) in [6, 6.07) is 43.2. The molecule has 0 amide bonds. The monoisotopic (exact) mass is 473 g/mol. The van der Waals surface area contributed by atoms with Gasteiger partial charge in [0.1, 0.15) is 0 Å². The summed E-state index contributed by atoms with van der Waals surface area (Å²) >= 11 is 0. The van der Waals surface area contributed by atoms with Gasteiger partial charge in [-0.2, -0.15) is 0 Å². The first-order valence-corrected chi connectivity index (χ1v) is 13.3. The fourth-order valence-corrected chi connectivity index (χ4v) is 7.76. The van der Waals surface area contributed by atoms with Gasteiger partial charge < -0.3 is 4.81 Å². The number of hydrogen-bond donors (Lipinski definition) is 0. The van der Waals surface area contributed by atoms with E-state index in [9.17, 15) is 0 Å². The van der Waals surface area contributed by atoms with Crippen molar-refractivity contribution in [3.05, 3.63) is 143 Å². The van der Waals surface area contributed by atoms with E-state index in [0.717, 1.165) is 0 Å². The second-order valence-corrected chi connectivity index (χ2v) is 11.5. The standard InChI is InChI=1S/C35H28BN/c1-34(2)27-17-7-10-21-31(27)37(32-22-11-8-18-28(32)34)36-29-19-9-6-16-26(29)35(3)25-15-5-4-13-23(25)24-14-12-20-30(36)33(24)35/h4-22H,1-3H3. The Balaban J connectivity index is 1.50. The number of para-hydroxylation sites is 2. The lowest BCUT2D eigenvalue weighted by molar-refractivity contribution is 0.633. The Labute approximate surface area is 219 Å². The number of benzene rings is 5. The maximum Gasteiger partial charge on any atom is 0.328 e. The number of hydrogen-bond acceptors (Lipinski definition) is 1. The van der Waals surface area contributed by atoms with Crippen LogP contribution in [0.2, 0.25) is 0 Å². The number of fused-ring (bicyclic) bond motifs is 7. The minimum absolute atomic E-state index is 0.0682. The maximum absolute atomic E-state index is 2.63. The summed E-state index contributed by atoms with van der Waals surface area (Å²) in [6.45, 7) is 7.26. The third kappa shape index (κ3) is 2.46. The molecule has 2 heterocycles. The molecule has 3 aliphatic rings. The molecule has 0 spiro atoms. The minimum Gasteiger partial charge on any atom is -0.376 e. The van der Waals surface area contributed by atoms with Crippen molar-refractivity contribution >= 4 is 29.1 Å². The Kier molecular flexibility index (Phi) is 4.01. The fraction of sp³-hybridized carbons (Fsp3) is 0.143. The molecule has 37 heavy (non-hydrogen) atoms. The maximum atomic E-state index is 2.63. The van der Waals surface area contributed by atoms with Crippen molar-refractivity contribution in [1.29, 1.82) is 0 Å². The second-order valence-electron chi connectivity index (χ2n) is 11.5. The van der Waals surface area contributed by atoms with E-state index < -0.39 is 0 Å². The van der Waals surface area contributed by atoms with Crippen LogP contribution in [0.25, 0.3) is 11.1 Å². The Morgan fingerprint density at radius 2 is 1.00 bits per heavy atom. The zero-order valence-electron chi connectivity index (χ0n) is 21.5. The fourth-order valence-electron chi connectivity index (χ4n) is 7.76. The van der Waals surface area contributed by atoms with E-state index in [1.165, 1.54) is 61.2 Å². The van der Waals surface area contributed by atoms with E-state index in [0.29, 0.717) is 0 Å². The highest BCUT2D eigenvalue weighted by molar-refractivity contribution is 6.90. The van der Waals surface area contributed by atoms with Crippen molar-refractivity contribution in [1.82, 2.24) is 0 Å². The Morgan fingerprint density at radius 1 is 0.486 bits per heavy atom. The Bertz CT molecular complexity index is 1700. The quantitative estimate of drug-likeness (QED) is 0.239. The molecule has 0 saturated carbocycles. The average Bonchev–Trinajstić information content (AvgIpc) is 3.21. The van der Waals surface area contributed by atoms with Crippen molar-refractivity contribution in [3.8, 4) is 11.1 Å². The van der Waals surface area contributed by atoms with Crippen LogP contribution in [0.5, 0.6) is 0 Å². The molecule has 1 atom stereocenters. The average molecular weight is 473 g/mol. The predicted octanol–water partition coefficient (Wildman–Crippen LogP) is 6.92. The van der Waals surface area contributed by atoms with E-state index in [2.05, 4.69) is 141 Å². The van der Waals surface area contributed by atoms with Crippen LogP contribution < -0.4 is 15.7 Å². The highest BCUT2D eigenvalue weighted by Crippen LogP contribution is 2.54. The van der Waals surface area contributed by atoms with Crippen molar-refractivity contribution in [3.63, 3.8) is 0 Å². The summed E-state index contributed by atoms with van der Waals surface area (Å²) in [5.41, 5.74) is 15.0. The molecule has 1 aliphatic carbocycles. The van der Waals surface area contributed by atoms with Gasteiger partial charge >= 0.3 is 6.85 Å². The molecule has 2 aliphatic heterocycles. The lowest BCUT2D eigenvalue weighted by atomic mass is 9.40. The van der Waals surface area contributed by atoms with Gasteiger partial charge in [-0.25, -0.2) is 0 Å². The largest absolute Gasteiger partial charge is 0.376 e. The van der Waals surface area contributed by atoms with E-state index in [4.69, 9.17) is 0 Å². The highest BCUT2D eigenvalue weighted by atomic mass is 15.1.